The van der Waals surface area contributed by atoms with Gasteiger partial charge >= 0.3 is 11.3 Å². The molecule has 0 aliphatic carbocycles. The molecule has 0 spiro atoms. The summed E-state index contributed by atoms with van der Waals surface area (Å²) in [5, 5.41) is 8.21. The highest BCUT2D eigenvalue weighted by Gasteiger charge is 2.36. The number of hydrogen-bond donors (Lipinski definition) is 2. The van der Waals surface area contributed by atoms with Crippen LogP contribution in [0.15, 0.2) is 24.0 Å². The van der Waals surface area contributed by atoms with Gasteiger partial charge in [-0.1, -0.05) is 0 Å². The first-order chi connectivity index (χ1) is 9.13. The van der Waals surface area contributed by atoms with Crippen molar-refractivity contribution in [2.45, 2.75) is 31.6 Å². The van der Waals surface area contributed by atoms with Crippen LogP contribution in [-0.2, 0) is 19.0 Å². The summed E-state index contributed by atoms with van der Waals surface area (Å²) >= 11 is 0.715. The lowest BCUT2D eigenvalue weighted by Gasteiger charge is -2.26. The van der Waals surface area contributed by atoms with Crippen molar-refractivity contribution >= 4 is 23.0 Å². The van der Waals surface area contributed by atoms with Crippen molar-refractivity contribution in [3.8, 4) is 0 Å². The SMILES string of the molecule is C=C1OC(C)=C(COC(=O)SC(C)(C)[C@@H](N)C(=O)O)O1. The van der Waals surface area contributed by atoms with E-state index >= 15 is 0 Å². The van der Waals surface area contributed by atoms with E-state index in [4.69, 9.17) is 25.1 Å². The largest absolute Gasteiger partial charge is 0.480 e. The van der Waals surface area contributed by atoms with Gasteiger partial charge in [-0.2, -0.15) is 0 Å². The molecule has 0 aromatic carbocycles. The van der Waals surface area contributed by atoms with E-state index in [1.807, 2.05) is 0 Å². The highest BCUT2D eigenvalue weighted by atomic mass is 32.2. The number of aliphatic carboxylic acids is 1. The number of thioether (sulfide) groups is 1. The molecule has 1 atom stereocenters. The number of hydrogen-bond acceptors (Lipinski definition) is 7. The first-order valence-electron chi connectivity index (χ1n) is 5.72. The second-order valence-corrected chi connectivity index (χ2v) is 6.21. The second-order valence-electron chi connectivity index (χ2n) is 4.62. The van der Waals surface area contributed by atoms with Gasteiger partial charge in [0.15, 0.2) is 12.4 Å². The summed E-state index contributed by atoms with van der Waals surface area (Å²) in [6.07, 6.45) is 0. The summed E-state index contributed by atoms with van der Waals surface area (Å²) in [5.41, 5.74) is 5.51. The molecule has 1 aliphatic rings. The molecular formula is C12H17NO6S. The molecule has 20 heavy (non-hydrogen) atoms. The predicted molar refractivity (Wildman–Crippen MR) is 72.6 cm³/mol. The van der Waals surface area contributed by atoms with E-state index in [9.17, 15) is 9.59 Å². The van der Waals surface area contributed by atoms with Crippen LogP contribution in [0.5, 0.6) is 0 Å². The molecule has 1 aliphatic heterocycles. The van der Waals surface area contributed by atoms with E-state index in [1.165, 1.54) is 0 Å². The van der Waals surface area contributed by atoms with Gasteiger partial charge in [-0.3, -0.25) is 4.79 Å². The number of carboxylic acid groups (broad SMARTS) is 1. The number of allylic oxidation sites excluding steroid dienone is 1. The zero-order chi connectivity index (χ0) is 15.5. The van der Waals surface area contributed by atoms with Crippen molar-refractivity contribution < 1.29 is 28.9 Å². The molecule has 0 aromatic heterocycles. The first kappa shape index (κ1) is 16.4. The molecule has 0 fully saturated rings. The summed E-state index contributed by atoms with van der Waals surface area (Å²) in [6, 6.07) is -1.19. The molecule has 1 rings (SSSR count). The van der Waals surface area contributed by atoms with Crippen LogP contribution in [0.3, 0.4) is 0 Å². The molecule has 0 bridgehead atoms. The van der Waals surface area contributed by atoms with Crippen LogP contribution >= 0.6 is 11.8 Å². The standard InChI is InChI=1S/C12H17NO6S/c1-6-8(19-7(2)18-6)5-17-11(16)20-12(3,4)9(13)10(14)15/h9H,2,5,13H2,1,3-4H3,(H,14,15)/t9-/m0/s1. The Kier molecular flexibility index (Phi) is 5.07. The number of carbonyl (C=O) groups excluding carboxylic acids is 1. The number of ether oxygens (including phenoxy) is 3. The van der Waals surface area contributed by atoms with E-state index in [0.717, 1.165) is 0 Å². The van der Waals surface area contributed by atoms with Gasteiger partial charge in [0.25, 0.3) is 5.95 Å². The Morgan fingerprint density at radius 3 is 2.55 bits per heavy atom. The van der Waals surface area contributed by atoms with Crippen molar-refractivity contribution in [2.75, 3.05) is 6.61 Å². The fourth-order valence-electron chi connectivity index (χ4n) is 1.32. The van der Waals surface area contributed by atoms with Gasteiger partial charge in [-0.25, -0.2) is 4.79 Å². The smallest absolute Gasteiger partial charge is 0.368 e. The van der Waals surface area contributed by atoms with Crippen LogP contribution in [0.4, 0.5) is 4.79 Å². The number of carboxylic acids is 1. The van der Waals surface area contributed by atoms with Crippen LogP contribution < -0.4 is 5.73 Å². The summed E-state index contributed by atoms with van der Waals surface area (Å²) in [4.78, 5) is 22.5. The molecule has 0 aromatic rings. The Hall–Kier alpha value is -1.67. The lowest BCUT2D eigenvalue weighted by molar-refractivity contribution is -0.139. The average Bonchev–Trinajstić information content (AvgIpc) is 2.63. The van der Waals surface area contributed by atoms with Crippen molar-refractivity contribution in [1.29, 1.82) is 0 Å². The molecule has 112 valence electrons. The van der Waals surface area contributed by atoms with Crippen LogP contribution in [0.25, 0.3) is 0 Å². The van der Waals surface area contributed by atoms with Gasteiger partial charge in [0.2, 0.25) is 0 Å². The summed E-state index contributed by atoms with van der Waals surface area (Å²) in [7, 11) is 0. The van der Waals surface area contributed by atoms with Crippen LogP contribution in [0.1, 0.15) is 20.8 Å². The van der Waals surface area contributed by atoms with Crippen molar-refractivity contribution in [1.82, 2.24) is 0 Å². The third-order valence-electron chi connectivity index (χ3n) is 2.58. The monoisotopic (exact) mass is 303 g/mol. The maximum absolute atomic E-state index is 11.7. The average molecular weight is 303 g/mol. The lowest BCUT2D eigenvalue weighted by Crippen LogP contribution is -2.47. The zero-order valence-corrected chi connectivity index (χ0v) is 12.3. The van der Waals surface area contributed by atoms with Gasteiger partial charge in [-0.05, 0) is 39.1 Å². The van der Waals surface area contributed by atoms with Crippen molar-refractivity contribution in [3.63, 3.8) is 0 Å². The van der Waals surface area contributed by atoms with Crippen LogP contribution in [-0.4, -0.2) is 33.8 Å². The summed E-state index contributed by atoms with van der Waals surface area (Å²) in [5.74, 6) is -0.245. The number of carbonyl (C=O) groups is 2. The van der Waals surface area contributed by atoms with E-state index < -0.39 is 22.1 Å². The topological polar surface area (TPSA) is 108 Å². The summed E-state index contributed by atoms with van der Waals surface area (Å²) in [6.45, 7) is 8.12. The molecule has 0 radical (unpaired) electrons. The highest BCUT2D eigenvalue weighted by Crippen LogP contribution is 2.30. The quantitative estimate of drug-likeness (QED) is 0.740. The Balaban J connectivity index is 2.50. The van der Waals surface area contributed by atoms with Crippen LogP contribution in [0.2, 0.25) is 0 Å². The van der Waals surface area contributed by atoms with E-state index in [-0.39, 0.29) is 12.6 Å². The Morgan fingerprint density at radius 2 is 2.10 bits per heavy atom. The minimum absolute atomic E-state index is 0.116. The van der Waals surface area contributed by atoms with E-state index in [1.54, 1.807) is 20.8 Å². The Labute approximate surface area is 120 Å². The van der Waals surface area contributed by atoms with Gasteiger partial charge in [0.1, 0.15) is 11.8 Å². The van der Waals surface area contributed by atoms with Gasteiger partial charge in [0.05, 0.1) is 0 Å². The third-order valence-corrected chi connectivity index (χ3v) is 3.64. The molecule has 8 heteroatoms. The Bertz CT molecular complexity index is 471. The zero-order valence-electron chi connectivity index (χ0n) is 11.5. The van der Waals surface area contributed by atoms with E-state index in [2.05, 4.69) is 6.58 Å². The minimum Gasteiger partial charge on any atom is -0.480 e. The van der Waals surface area contributed by atoms with Crippen molar-refractivity contribution in [2.24, 2.45) is 5.73 Å². The fourth-order valence-corrected chi connectivity index (χ4v) is 2.09. The maximum Gasteiger partial charge on any atom is 0.368 e. The molecule has 1 heterocycles. The van der Waals surface area contributed by atoms with Crippen molar-refractivity contribution in [3.05, 3.63) is 24.0 Å². The van der Waals surface area contributed by atoms with Crippen LogP contribution in [0, 0.1) is 0 Å². The highest BCUT2D eigenvalue weighted by molar-refractivity contribution is 8.14. The fraction of sp³-hybridized carbons (Fsp3) is 0.500. The molecule has 7 nitrogen and oxygen atoms in total. The Morgan fingerprint density at radius 1 is 1.50 bits per heavy atom. The minimum atomic E-state index is -1.19. The first-order valence-corrected chi connectivity index (χ1v) is 6.53. The van der Waals surface area contributed by atoms with Gasteiger partial charge in [0, 0.05) is 4.75 Å². The predicted octanol–water partition coefficient (Wildman–Crippen LogP) is 1.80. The number of nitrogens with two attached hydrogens (primary N) is 1. The lowest BCUT2D eigenvalue weighted by atomic mass is 10.1. The second kappa shape index (κ2) is 6.19. The normalized spacial score (nSPS) is 16.5. The summed E-state index contributed by atoms with van der Waals surface area (Å²) < 4.78 is 14.1. The van der Waals surface area contributed by atoms with Gasteiger partial charge < -0.3 is 25.1 Å². The molecule has 0 saturated carbocycles. The van der Waals surface area contributed by atoms with E-state index in [0.29, 0.717) is 23.3 Å². The molecule has 3 N–H and O–H groups in total. The maximum atomic E-state index is 11.7. The van der Waals surface area contributed by atoms with Gasteiger partial charge in [-0.15, -0.1) is 0 Å². The molecular weight excluding hydrogens is 286 g/mol. The number of rotatable bonds is 5. The third kappa shape index (κ3) is 4.17. The molecule has 0 saturated heterocycles. The molecule has 0 amide bonds. The molecule has 0 unspecified atom stereocenters.